The highest BCUT2D eigenvalue weighted by molar-refractivity contribution is 9.10. The van der Waals surface area contributed by atoms with Crippen LogP contribution < -0.4 is 10.5 Å². The SMILES string of the molecule is Nc1cc(S(=O)(=O)Nc2c(F)cccc2Br)ccc1Cl. The van der Waals surface area contributed by atoms with Crippen molar-refractivity contribution in [3.05, 3.63) is 51.7 Å². The number of para-hydroxylation sites is 1. The lowest BCUT2D eigenvalue weighted by Crippen LogP contribution is -2.14. The Morgan fingerprint density at radius 2 is 1.95 bits per heavy atom. The molecule has 106 valence electrons. The van der Waals surface area contributed by atoms with Gasteiger partial charge in [0.2, 0.25) is 0 Å². The Kier molecular flexibility index (Phi) is 4.22. The van der Waals surface area contributed by atoms with Gasteiger partial charge in [0.1, 0.15) is 5.82 Å². The van der Waals surface area contributed by atoms with Gasteiger partial charge in [-0.15, -0.1) is 0 Å². The average molecular weight is 380 g/mol. The highest BCUT2D eigenvalue weighted by Crippen LogP contribution is 2.29. The van der Waals surface area contributed by atoms with Crippen LogP contribution in [0.25, 0.3) is 0 Å². The fraction of sp³-hybridized carbons (Fsp3) is 0. The Morgan fingerprint density at radius 1 is 1.25 bits per heavy atom. The number of benzene rings is 2. The van der Waals surface area contributed by atoms with Gasteiger partial charge in [-0.2, -0.15) is 0 Å². The van der Waals surface area contributed by atoms with Gasteiger partial charge in [0, 0.05) is 4.47 Å². The highest BCUT2D eigenvalue weighted by atomic mass is 79.9. The number of hydrogen-bond donors (Lipinski definition) is 2. The Labute approximate surface area is 128 Å². The maximum atomic E-state index is 13.6. The lowest BCUT2D eigenvalue weighted by molar-refractivity contribution is 0.598. The van der Waals surface area contributed by atoms with E-state index in [9.17, 15) is 12.8 Å². The van der Waals surface area contributed by atoms with Gasteiger partial charge >= 0.3 is 0 Å². The standard InChI is InChI=1S/C12H9BrClFN2O2S/c13-8-2-1-3-10(15)12(8)17-20(18,19)7-4-5-9(14)11(16)6-7/h1-6,17H,16H2. The van der Waals surface area contributed by atoms with E-state index in [1.165, 1.54) is 30.3 Å². The van der Waals surface area contributed by atoms with Gasteiger partial charge in [-0.25, -0.2) is 12.8 Å². The molecule has 0 amide bonds. The highest BCUT2D eigenvalue weighted by Gasteiger charge is 2.18. The topological polar surface area (TPSA) is 72.2 Å². The van der Waals surface area contributed by atoms with Crippen molar-refractivity contribution in [1.82, 2.24) is 0 Å². The van der Waals surface area contributed by atoms with E-state index < -0.39 is 15.8 Å². The summed E-state index contributed by atoms with van der Waals surface area (Å²) < 4.78 is 40.4. The van der Waals surface area contributed by atoms with Gasteiger partial charge in [-0.05, 0) is 46.3 Å². The summed E-state index contributed by atoms with van der Waals surface area (Å²) in [5, 5.41) is 0.246. The zero-order valence-corrected chi connectivity index (χ0v) is 13.1. The van der Waals surface area contributed by atoms with Crippen LogP contribution in [0.15, 0.2) is 45.8 Å². The van der Waals surface area contributed by atoms with E-state index in [0.717, 1.165) is 6.07 Å². The molecular weight excluding hydrogens is 371 g/mol. The van der Waals surface area contributed by atoms with Crippen molar-refractivity contribution in [3.8, 4) is 0 Å². The summed E-state index contributed by atoms with van der Waals surface area (Å²) in [6.07, 6.45) is 0. The molecular formula is C12H9BrClFN2O2S. The predicted octanol–water partition coefficient (Wildman–Crippen LogP) is 3.62. The fourth-order valence-electron chi connectivity index (χ4n) is 1.48. The molecule has 3 N–H and O–H groups in total. The number of hydrogen-bond acceptors (Lipinski definition) is 3. The summed E-state index contributed by atoms with van der Waals surface area (Å²) in [5.41, 5.74) is 5.52. The molecule has 2 aromatic rings. The van der Waals surface area contributed by atoms with Crippen molar-refractivity contribution in [3.63, 3.8) is 0 Å². The van der Waals surface area contributed by atoms with Crippen LogP contribution in [0.3, 0.4) is 0 Å². The maximum absolute atomic E-state index is 13.6. The van der Waals surface area contributed by atoms with E-state index in [-0.39, 0.29) is 21.3 Å². The molecule has 0 spiro atoms. The van der Waals surface area contributed by atoms with E-state index in [4.69, 9.17) is 17.3 Å². The van der Waals surface area contributed by atoms with Crippen molar-refractivity contribution < 1.29 is 12.8 Å². The molecule has 0 unspecified atom stereocenters. The van der Waals surface area contributed by atoms with Crippen LogP contribution in [-0.4, -0.2) is 8.42 Å². The van der Waals surface area contributed by atoms with Gasteiger partial charge in [-0.1, -0.05) is 17.7 Å². The molecule has 2 rings (SSSR count). The van der Waals surface area contributed by atoms with Gasteiger partial charge in [0.05, 0.1) is 21.3 Å². The lowest BCUT2D eigenvalue weighted by Gasteiger charge is -2.11. The van der Waals surface area contributed by atoms with Gasteiger partial charge in [0.25, 0.3) is 10.0 Å². The number of anilines is 2. The molecule has 20 heavy (non-hydrogen) atoms. The summed E-state index contributed by atoms with van der Waals surface area (Å²) in [6, 6.07) is 7.99. The van der Waals surface area contributed by atoms with Crippen LogP contribution in [0.4, 0.5) is 15.8 Å². The van der Waals surface area contributed by atoms with E-state index >= 15 is 0 Å². The van der Waals surface area contributed by atoms with Gasteiger partial charge in [-0.3, -0.25) is 4.72 Å². The molecule has 0 aromatic heterocycles. The number of nitrogens with two attached hydrogens (primary N) is 1. The van der Waals surface area contributed by atoms with Crippen LogP contribution in [0, 0.1) is 5.82 Å². The molecule has 0 bridgehead atoms. The third-order valence-corrected chi connectivity index (χ3v) is 4.83. The molecule has 0 atom stereocenters. The van der Waals surface area contributed by atoms with Crippen molar-refractivity contribution in [2.45, 2.75) is 4.90 Å². The van der Waals surface area contributed by atoms with E-state index in [2.05, 4.69) is 20.7 Å². The molecule has 0 saturated heterocycles. The molecule has 8 heteroatoms. The van der Waals surface area contributed by atoms with Crippen molar-refractivity contribution in [2.75, 3.05) is 10.5 Å². The summed E-state index contributed by atoms with van der Waals surface area (Å²) in [6.45, 7) is 0. The fourth-order valence-corrected chi connectivity index (χ4v) is 3.29. The summed E-state index contributed by atoms with van der Waals surface area (Å²) >= 11 is 8.82. The molecule has 4 nitrogen and oxygen atoms in total. The first-order chi connectivity index (χ1) is 9.31. The molecule has 0 aliphatic carbocycles. The number of nitrogen functional groups attached to an aromatic ring is 1. The minimum absolute atomic E-state index is 0.102. The summed E-state index contributed by atoms with van der Waals surface area (Å²) in [7, 11) is -3.96. The zero-order chi connectivity index (χ0) is 14.9. The quantitative estimate of drug-likeness (QED) is 0.800. The first kappa shape index (κ1) is 15.1. The van der Waals surface area contributed by atoms with Gasteiger partial charge < -0.3 is 5.73 Å². The Hall–Kier alpha value is -1.31. The molecule has 2 aromatic carbocycles. The van der Waals surface area contributed by atoms with Crippen LogP contribution >= 0.6 is 27.5 Å². The zero-order valence-electron chi connectivity index (χ0n) is 9.90. The van der Waals surface area contributed by atoms with Gasteiger partial charge in [0.15, 0.2) is 0 Å². The predicted molar refractivity (Wildman–Crippen MR) is 80.8 cm³/mol. The lowest BCUT2D eigenvalue weighted by atomic mass is 10.3. The first-order valence-corrected chi connectivity index (χ1v) is 7.98. The Balaban J connectivity index is 2.43. The third kappa shape index (κ3) is 3.05. The van der Waals surface area contributed by atoms with E-state index in [0.29, 0.717) is 4.47 Å². The number of nitrogens with one attached hydrogen (secondary N) is 1. The normalized spacial score (nSPS) is 11.3. The second-order valence-corrected chi connectivity index (χ2v) is 6.83. The number of rotatable bonds is 3. The molecule has 0 radical (unpaired) electrons. The monoisotopic (exact) mass is 378 g/mol. The molecule has 0 aliphatic heterocycles. The Bertz CT molecular complexity index is 748. The van der Waals surface area contributed by atoms with Crippen LogP contribution in [0.5, 0.6) is 0 Å². The molecule has 0 fully saturated rings. The van der Waals surface area contributed by atoms with E-state index in [1.807, 2.05) is 0 Å². The van der Waals surface area contributed by atoms with Crippen LogP contribution in [0.1, 0.15) is 0 Å². The second kappa shape index (κ2) is 5.59. The molecule has 0 heterocycles. The summed E-state index contributed by atoms with van der Waals surface area (Å²) in [4.78, 5) is -0.102. The van der Waals surface area contributed by atoms with Crippen LogP contribution in [0.2, 0.25) is 5.02 Å². The maximum Gasteiger partial charge on any atom is 0.262 e. The number of sulfonamides is 1. The Morgan fingerprint density at radius 3 is 2.55 bits per heavy atom. The van der Waals surface area contributed by atoms with E-state index in [1.54, 1.807) is 0 Å². The minimum atomic E-state index is -3.96. The molecule has 0 saturated carbocycles. The second-order valence-electron chi connectivity index (χ2n) is 3.89. The number of halogens is 3. The molecule has 0 aliphatic rings. The largest absolute Gasteiger partial charge is 0.397 e. The smallest absolute Gasteiger partial charge is 0.262 e. The van der Waals surface area contributed by atoms with Crippen LogP contribution in [-0.2, 0) is 10.0 Å². The first-order valence-electron chi connectivity index (χ1n) is 5.33. The third-order valence-electron chi connectivity index (χ3n) is 2.48. The van der Waals surface area contributed by atoms with Crippen molar-refractivity contribution in [1.29, 1.82) is 0 Å². The average Bonchev–Trinajstić information content (AvgIpc) is 2.37. The minimum Gasteiger partial charge on any atom is -0.397 e. The van der Waals surface area contributed by atoms with Crippen molar-refractivity contribution in [2.24, 2.45) is 0 Å². The summed E-state index contributed by atoms with van der Waals surface area (Å²) in [5.74, 6) is -0.690. The van der Waals surface area contributed by atoms with Crippen molar-refractivity contribution >= 4 is 48.9 Å².